The molecule has 0 aliphatic carbocycles. The van der Waals surface area contributed by atoms with E-state index in [4.69, 9.17) is 4.74 Å². The van der Waals surface area contributed by atoms with Gasteiger partial charge in [-0.3, -0.25) is 4.79 Å². The Labute approximate surface area is 121 Å². The Morgan fingerprint density at radius 3 is 2.57 bits per heavy atom. The lowest BCUT2D eigenvalue weighted by molar-refractivity contribution is -0.137. The van der Waals surface area contributed by atoms with Crippen LogP contribution < -0.4 is 5.32 Å². The number of amides is 1. The van der Waals surface area contributed by atoms with Crippen molar-refractivity contribution in [2.24, 2.45) is 0 Å². The van der Waals surface area contributed by atoms with Gasteiger partial charge in [0.15, 0.2) is 11.6 Å². The molecule has 0 radical (unpaired) electrons. The summed E-state index contributed by atoms with van der Waals surface area (Å²) in [7, 11) is 0. The lowest BCUT2D eigenvalue weighted by atomic mass is 10.1. The first-order valence-electron chi connectivity index (χ1n) is 6.55. The summed E-state index contributed by atoms with van der Waals surface area (Å²) < 4.78 is 31.3. The number of anilines is 1. The molecular weight excluding hydrogens is 280 g/mol. The van der Waals surface area contributed by atoms with Crippen LogP contribution in [-0.4, -0.2) is 18.5 Å². The molecule has 1 aromatic rings. The molecule has 0 saturated carbocycles. The number of unbranched alkanes of at least 4 members (excludes halogenated alkanes) is 1. The summed E-state index contributed by atoms with van der Waals surface area (Å²) in [5.74, 6) is -3.16. The standard InChI is InChI=1S/C15H17F2NO3/c1-3-4-7-21-15(20)6-5-11-8-12(16)13(17)9-14(11)18-10(2)19/h5-6,8-9H,3-4,7H2,1-2H3,(H,18,19)/b6-5+. The maximum Gasteiger partial charge on any atom is 0.330 e. The minimum Gasteiger partial charge on any atom is -0.463 e. The summed E-state index contributed by atoms with van der Waals surface area (Å²) >= 11 is 0. The predicted octanol–water partition coefficient (Wildman–Crippen LogP) is 3.28. The first-order chi connectivity index (χ1) is 9.93. The van der Waals surface area contributed by atoms with Crippen LogP contribution in [0.3, 0.4) is 0 Å². The zero-order valence-corrected chi connectivity index (χ0v) is 11.9. The number of hydrogen-bond acceptors (Lipinski definition) is 3. The van der Waals surface area contributed by atoms with Crippen LogP contribution >= 0.6 is 0 Å². The third-order valence-electron chi connectivity index (χ3n) is 2.54. The third-order valence-corrected chi connectivity index (χ3v) is 2.54. The third kappa shape index (κ3) is 5.72. The number of ether oxygens (including phenoxy) is 1. The van der Waals surface area contributed by atoms with Crippen molar-refractivity contribution in [1.82, 2.24) is 0 Å². The highest BCUT2D eigenvalue weighted by Crippen LogP contribution is 2.21. The minimum atomic E-state index is -1.08. The van der Waals surface area contributed by atoms with Crippen LogP contribution in [-0.2, 0) is 14.3 Å². The monoisotopic (exact) mass is 297 g/mol. The topological polar surface area (TPSA) is 55.4 Å². The van der Waals surface area contributed by atoms with Gasteiger partial charge in [0.25, 0.3) is 0 Å². The highest BCUT2D eigenvalue weighted by atomic mass is 19.2. The van der Waals surface area contributed by atoms with E-state index in [1.807, 2.05) is 6.92 Å². The molecule has 0 spiro atoms. The van der Waals surface area contributed by atoms with Gasteiger partial charge in [0, 0.05) is 24.6 Å². The molecule has 6 heteroatoms. The molecule has 0 fully saturated rings. The first kappa shape index (κ1) is 16.8. The van der Waals surface area contributed by atoms with E-state index in [1.165, 1.54) is 13.0 Å². The normalized spacial score (nSPS) is 10.7. The molecule has 0 unspecified atom stereocenters. The molecule has 0 aliphatic heterocycles. The van der Waals surface area contributed by atoms with Crippen LogP contribution in [0, 0.1) is 11.6 Å². The maximum absolute atomic E-state index is 13.2. The Kier molecular flexibility index (Phi) is 6.52. The van der Waals surface area contributed by atoms with Gasteiger partial charge in [0.05, 0.1) is 12.3 Å². The van der Waals surface area contributed by atoms with Gasteiger partial charge in [-0.15, -0.1) is 0 Å². The van der Waals surface area contributed by atoms with Crippen LogP contribution in [0.5, 0.6) is 0 Å². The summed E-state index contributed by atoms with van der Waals surface area (Å²) in [4.78, 5) is 22.4. The van der Waals surface area contributed by atoms with Crippen molar-refractivity contribution in [1.29, 1.82) is 0 Å². The Bertz CT molecular complexity index is 556. The lowest BCUT2D eigenvalue weighted by Gasteiger charge is -2.07. The molecule has 0 atom stereocenters. The van der Waals surface area contributed by atoms with E-state index in [0.29, 0.717) is 6.61 Å². The molecule has 0 aromatic heterocycles. The molecule has 1 aromatic carbocycles. The molecule has 1 rings (SSSR count). The van der Waals surface area contributed by atoms with E-state index in [-0.39, 0.29) is 11.3 Å². The van der Waals surface area contributed by atoms with Crippen molar-refractivity contribution in [3.63, 3.8) is 0 Å². The van der Waals surface area contributed by atoms with Crippen molar-refractivity contribution in [2.75, 3.05) is 11.9 Å². The molecule has 21 heavy (non-hydrogen) atoms. The number of carbonyl (C=O) groups is 2. The Morgan fingerprint density at radius 1 is 1.29 bits per heavy atom. The number of benzene rings is 1. The molecule has 0 aliphatic rings. The summed E-state index contributed by atoms with van der Waals surface area (Å²) in [6, 6.07) is 1.76. The molecule has 1 amide bonds. The van der Waals surface area contributed by atoms with Gasteiger partial charge in [-0.1, -0.05) is 13.3 Å². The fraction of sp³-hybridized carbons (Fsp3) is 0.333. The fourth-order valence-electron chi connectivity index (χ4n) is 1.52. The van der Waals surface area contributed by atoms with Crippen LogP contribution in [0.2, 0.25) is 0 Å². The SMILES string of the molecule is CCCCOC(=O)/C=C/c1cc(F)c(F)cc1NC(C)=O. The van der Waals surface area contributed by atoms with Crippen LogP contribution in [0.25, 0.3) is 6.08 Å². The molecule has 1 N–H and O–H groups in total. The van der Waals surface area contributed by atoms with Gasteiger partial charge in [-0.05, 0) is 18.6 Å². The molecule has 4 nitrogen and oxygen atoms in total. The van der Waals surface area contributed by atoms with Gasteiger partial charge >= 0.3 is 5.97 Å². The molecule has 0 heterocycles. The van der Waals surface area contributed by atoms with Gasteiger partial charge in [0.1, 0.15) is 0 Å². The highest BCUT2D eigenvalue weighted by molar-refractivity contribution is 5.93. The number of esters is 1. The predicted molar refractivity (Wildman–Crippen MR) is 75.6 cm³/mol. The number of carbonyl (C=O) groups excluding carboxylic acids is 2. The van der Waals surface area contributed by atoms with Gasteiger partial charge in [-0.25, -0.2) is 13.6 Å². The van der Waals surface area contributed by atoms with Crippen molar-refractivity contribution in [3.8, 4) is 0 Å². The Morgan fingerprint density at radius 2 is 1.95 bits per heavy atom. The average molecular weight is 297 g/mol. The first-order valence-corrected chi connectivity index (χ1v) is 6.55. The van der Waals surface area contributed by atoms with Crippen LogP contribution in [0.15, 0.2) is 18.2 Å². The second kappa shape index (κ2) is 8.14. The number of hydrogen-bond donors (Lipinski definition) is 1. The summed E-state index contributed by atoms with van der Waals surface area (Å²) in [5, 5.41) is 2.37. The zero-order valence-electron chi connectivity index (χ0n) is 11.9. The molecular formula is C15H17F2NO3. The van der Waals surface area contributed by atoms with Gasteiger partial charge in [-0.2, -0.15) is 0 Å². The second-order valence-corrected chi connectivity index (χ2v) is 4.39. The largest absolute Gasteiger partial charge is 0.463 e. The fourth-order valence-corrected chi connectivity index (χ4v) is 1.52. The zero-order chi connectivity index (χ0) is 15.8. The quantitative estimate of drug-likeness (QED) is 0.498. The van der Waals surface area contributed by atoms with Gasteiger partial charge < -0.3 is 10.1 Å². The lowest BCUT2D eigenvalue weighted by Crippen LogP contribution is -2.08. The smallest absolute Gasteiger partial charge is 0.330 e. The Balaban J connectivity index is 2.87. The molecule has 114 valence electrons. The summed E-state index contributed by atoms with van der Waals surface area (Å²) in [6.45, 7) is 3.51. The van der Waals surface area contributed by atoms with E-state index in [9.17, 15) is 18.4 Å². The van der Waals surface area contributed by atoms with Crippen molar-refractivity contribution in [2.45, 2.75) is 26.7 Å². The van der Waals surface area contributed by atoms with E-state index < -0.39 is 23.5 Å². The van der Waals surface area contributed by atoms with E-state index >= 15 is 0 Å². The Hall–Kier alpha value is -2.24. The maximum atomic E-state index is 13.2. The van der Waals surface area contributed by atoms with E-state index in [0.717, 1.165) is 31.1 Å². The summed E-state index contributed by atoms with van der Waals surface area (Å²) in [6.07, 6.45) is 4.02. The second-order valence-electron chi connectivity index (χ2n) is 4.39. The van der Waals surface area contributed by atoms with E-state index in [1.54, 1.807) is 0 Å². The van der Waals surface area contributed by atoms with Crippen LogP contribution in [0.1, 0.15) is 32.3 Å². The van der Waals surface area contributed by atoms with Crippen molar-refractivity contribution >= 4 is 23.6 Å². The molecule has 0 saturated heterocycles. The van der Waals surface area contributed by atoms with Crippen molar-refractivity contribution < 1.29 is 23.1 Å². The van der Waals surface area contributed by atoms with Gasteiger partial charge in [0.2, 0.25) is 5.91 Å². The highest BCUT2D eigenvalue weighted by Gasteiger charge is 2.09. The average Bonchev–Trinajstić information content (AvgIpc) is 2.41. The van der Waals surface area contributed by atoms with E-state index in [2.05, 4.69) is 5.32 Å². The molecule has 0 bridgehead atoms. The minimum absolute atomic E-state index is 0.0824. The number of rotatable bonds is 6. The van der Waals surface area contributed by atoms with Crippen LogP contribution in [0.4, 0.5) is 14.5 Å². The number of nitrogens with one attached hydrogen (secondary N) is 1. The van der Waals surface area contributed by atoms with Crippen molar-refractivity contribution in [3.05, 3.63) is 35.4 Å². The summed E-state index contributed by atoms with van der Waals surface area (Å²) in [5.41, 5.74) is 0.260. The number of halogens is 2.